The van der Waals surface area contributed by atoms with Crippen LogP contribution >= 0.6 is 0 Å². The molecule has 4 rings (SSSR count). The van der Waals surface area contributed by atoms with Crippen LogP contribution < -0.4 is 17.0 Å². The molecular weight excluding hydrogens is 402 g/mol. The van der Waals surface area contributed by atoms with Gasteiger partial charge in [0.1, 0.15) is 36.3 Å². The molecule has 1 unspecified atom stereocenters. The molecule has 0 saturated carbocycles. The van der Waals surface area contributed by atoms with E-state index in [9.17, 15) is 9.90 Å². The number of aliphatic hydroxyl groups excluding tert-OH is 1. The molecule has 3 saturated heterocycles. The molecule has 0 aromatic heterocycles. The Morgan fingerprint density at radius 1 is 1.27 bits per heavy atom. The van der Waals surface area contributed by atoms with Crippen LogP contribution in [-0.2, 0) is 14.3 Å². The van der Waals surface area contributed by atoms with Crippen molar-refractivity contribution in [2.75, 3.05) is 20.2 Å². The number of quaternary nitrogens is 1. The highest BCUT2D eigenvalue weighted by Crippen LogP contribution is 2.52. The van der Waals surface area contributed by atoms with Crippen LogP contribution in [0.3, 0.4) is 0 Å². The van der Waals surface area contributed by atoms with E-state index in [0.29, 0.717) is 24.3 Å². The molecule has 3 fully saturated rings. The highest BCUT2D eigenvalue weighted by molar-refractivity contribution is 5.78. The van der Waals surface area contributed by atoms with E-state index in [1.165, 1.54) is 0 Å². The Hall–Kier alpha value is -0.990. The van der Waals surface area contributed by atoms with Gasteiger partial charge in [0, 0.05) is 12.8 Å². The van der Waals surface area contributed by atoms with E-state index < -0.39 is 5.92 Å². The Bertz CT molecular complexity index is 610. The molecule has 3 heterocycles. The number of benzene rings is 1. The summed E-state index contributed by atoms with van der Waals surface area (Å²) >= 11 is 0. The molecule has 0 spiro atoms. The monoisotopic (exact) mass is 429 g/mol. The van der Waals surface area contributed by atoms with Crippen LogP contribution in [0.25, 0.3) is 0 Å². The van der Waals surface area contributed by atoms with E-state index in [0.717, 1.165) is 29.4 Å². The van der Waals surface area contributed by atoms with Gasteiger partial charge >= 0.3 is 5.97 Å². The lowest BCUT2D eigenvalue weighted by Gasteiger charge is -2.47. The first-order chi connectivity index (χ1) is 11.6. The first kappa shape index (κ1) is 21.3. The number of piperidine rings is 1. The number of hydrogen-bond acceptors (Lipinski definition) is 4. The summed E-state index contributed by atoms with van der Waals surface area (Å²) in [5, 5.41) is 9.64. The minimum Gasteiger partial charge on any atom is -1.00 e. The van der Waals surface area contributed by atoms with E-state index in [1.807, 2.05) is 30.3 Å². The second-order valence-electron chi connectivity index (χ2n) is 7.54. The van der Waals surface area contributed by atoms with Gasteiger partial charge in [-0.25, -0.2) is 0 Å². The minimum absolute atomic E-state index is 0. The topological polar surface area (TPSA) is 90.6 Å². The average molecular weight is 430 g/mol. The molecule has 26 heavy (non-hydrogen) atoms. The van der Waals surface area contributed by atoms with Gasteiger partial charge in [-0.1, -0.05) is 30.3 Å². The fourth-order valence-electron chi connectivity index (χ4n) is 4.87. The number of carbonyl (C=O) groups is 1. The fraction of sp³-hybridized carbons (Fsp3) is 0.632. The lowest BCUT2D eigenvalue weighted by atomic mass is 9.95. The third-order valence-corrected chi connectivity index (χ3v) is 6.48. The van der Waals surface area contributed by atoms with Crippen molar-refractivity contribution in [3.63, 3.8) is 0 Å². The van der Waals surface area contributed by atoms with Crippen LogP contribution in [-0.4, -0.2) is 71.6 Å². The van der Waals surface area contributed by atoms with E-state index in [4.69, 9.17) is 9.47 Å². The van der Waals surface area contributed by atoms with E-state index in [1.54, 1.807) is 0 Å². The van der Waals surface area contributed by atoms with Crippen molar-refractivity contribution in [1.29, 1.82) is 0 Å². The molecule has 0 radical (unpaired) electrons. The van der Waals surface area contributed by atoms with Crippen LogP contribution in [0, 0.1) is 0 Å². The van der Waals surface area contributed by atoms with Gasteiger partial charge in [-0.05, 0) is 12.5 Å². The number of fused-ring (bicyclic) bond motifs is 5. The van der Waals surface area contributed by atoms with Crippen LogP contribution in [0.1, 0.15) is 31.2 Å². The summed E-state index contributed by atoms with van der Waals surface area (Å²) in [4.78, 5) is 12.6. The van der Waals surface area contributed by atoms with Gasteiger partial charge in [-0.2, -0.15) is 0 Å². The first-order valence-electron chi connectivity index (χ1n) is 8.95. The summed E-state index contributed by atoms with van der Waals surface area (Å²) in [5.41, 5.74) is 0.809. The van der Waals surface area contributed by atoms with Crippen molar-refractivity contribution in [3.8, 4) is 0 Å². The quantitative estimate of drug-likeness (QED) is 0.321. The molecule has 0 amide bonds. The number of carbonyl (C=O) groups excluding carboxylic acids is 1. The third-order valence-electron chi connectivity index (χ3n) is 6.48. The minimum atomic E-state index is -0.594. The molecule has 2 bridgehead atoms. The van der Waals surface area contributed by atoms with Crippen molar-refractivity contribution in [2.24, 2.45) is 0 Å². The summed E-state index contributed by atoms with van der Waals surface area (Å²) < 4.78 is 12.7. The molecule has 3 aliphatic rings. The van der Waals surface area contributed by atoms with E-state index >= 15 is 0 Å². The lowest BCUT2D eigenvalue weighted by molar-refractivity contribution is -0.954. The Morgan fingerprint density at radius 3 is 2.35 bits per heavy atom. The normalized spacial score (nSPS) is 37.6. The first-order valence-corrected chi connectivity index (χ1v) is 8.95. The van der Waals surface area contributed by atoms with E-state index in [-0.39, 0.29) is 41.1 Å². The maximum Gasteiger partial charge on any atom is 0.316 e. The van der Waals surface area contributed by atoms with Crippen molar-refractivity contribution < 1.29 is 46.3 Å². The van der Waals surface area contributed by atoms with Crippen LogP contribution in [0.5, 0.6) is 0 Å². The molecule has 7 atom stereocenters. The predicted molar refractivity (Wildman–Crippen MR) is 92.0 cm³/mol. The summed E-state index contributed by atoms with van der Waals surface area (Å²) in [6.45, 7) is 3.10. The molecule has 3 aliphatic heterocycles. The molecule has 146 valence electrons. The van der Waals surface area contributed by atoms with Crippen LogP contribution in [0.2, 0.25) is 0 Å². The highest BCUT2D eigenvalue weighted by atomic mass is 79.9. The summed E-state index contributed by atoms with van der Waals surface area (Å²) in [6.07, 6.45) is 2.37. The Morgan fingerprint density at radius 2 is 1.85 bits per heavy atom. The van der Waals surface area contributed by atoms with Crippen molar-refractivity contribution >= 4 is 5.97 Å². The zero-order valence-electron chi connectivity index (χ0n) is 15.2. The zero-order valence-corrected chi connectivity index (χ0v) is 16.8. The van der Waals surface area contributed by atoms with Gasteiger partial charge in [-0.3, -0.25) is 4.79 Å². The highest BCUT2D eigenvalue weighted by Gasteiger charge is 2.71. The number of ether oxygens (including phenoxy) is 2. The lowest BCUT2D eigenvalue weighted by Crippen LogP contribution is -3.00. The van der Waals surface area contributed by atoms with Gasteiger partial charge in [0.2, 0.25) is 0 Å². The molecule has 7 heteroatoms. The number of likely N-dealkylation sites (N-methyl/N-ethyl adjacent to an activating group) is 1. The molecule has 6 nitrogen and oxygen atoms in total. The van der Waals surface area contributed by atoms with Crippen molar-refractivity contribution in [1.82, 2.24) is 0 Å². The molecule has 1 aromatic rings. The van der Waals surface area contributed by atoms with Gasteiger partial charge in [-0.15, -0.1) is 0 Å². The number of morpholine rings is 1. The number of aliphatic hydroxyl groups is 1. The molecule has 0 aliphatic carbocycles. The van der Waals surface area contributed by atoms with Gasteiger partial charge in [0.25, 0.3) is 0 Å². The SMILES string of the molecule is CC[N+]1(C)[C@@H]2C[C@@H](OC(=O)[C@H](CO)c3ccccc3)C[C@H]1[C@@H]1O[C@@H]12.O.[Br-]. The number of nitrogens with zero attached hydrogens (tertiary/aromatic N) is 1. The Labute approximate surface area is 164 Å². The van der Waals surface area contributed by atoms with Crippen molar-refractivity contribution in [3.05, 3.63) is 35.9 Å². The van der Waals surface area contributed by atoms with Crippen molar-refractivity contribution in [2.45, 2.75) is 56.1 Å². The molecule has 3 N–H and O–H groups in total. The fourth-order valence-corrected chi connectivity index (χ4v) is 4.87. The largest absolute Gasteiger partial charge is 1.00 e. The van der Waals surface area contributed by atoms with Gasteiger partial charge in [0.05, 0.1) is 20.2 Å². The van der Waals surface area contributed by atoms with Gasteiger partial charge < -0.3 is 41.5 Å². The molecular formula is C19H28BrNO5. The second kappa shape index (κ2) is 7.94. The maximum atomic E-state index is 12.6. The summed E-state index contributed by atoms with van der Waals surface area (Å²) in [7, 11) is 2.31. The average Bonchev–Trinajstić information content (AvgIpc) is 3.35. The maximum absolute atomic E-state index is 12.6. The van der Waals surface area contributed by atoms with Crippen LogP contribution in [0.15, 0.2) is 30.3 Å². The zero-order chi connectivity index (χ0) is 16.9. The van der Waals surface area contributed by atoms with E-state index in [2.05, 4.69) is 14.0 Å². The smallest absolute Gasteiger partial charge is 0.316 e. The third kappa shape index (κ3) is 3.31. The van der Waals surface area contributed by atoms with Gasteiger partial charge in [0.15, 0.2) is 0 Å². The molecule has 1 aromatic carbocycles. The van der Waals surface area contributed by atoms with Crippen LogP contribution in [0.4, 0.5) is 0 Å². The number of epoxide rings is 1. The number of esters is 1. The Kier molecular flexibility index (Phi) is 6.51. The summed E-state index contributed by atoms with van der Waals surface area (Å²) in [5.74, 6) is -0.904. The number of halogens is 1. The standard InChI is InChI=1S/C19H26NO4.BrH.H2O/c1-3-20(2)15-9-13(10-16(20)18-17(15)24-18)23-19(22)14(11-21)12-7-5-4-6-8-12;;/h4-8,13-18,21H,3,9-11H2,1-2H3;1H;1H2/q+1;;/p-1/t13-,14-,15-,16+,17-,18+,20?;;/m1../s1. The number of rotatable bonds is 5. The Balaban J connectivity index is 0.00000121. The predicted octanol–water partition coefficient (Wildman–Crippen LogP) is -2.37. The summed E-state index contributed by atoms with van der Waals surface area (Å²) in [6, 6.07) is 10.2. The second-order valence-corrected chi connectivity index (χ2v) is 7.54. The number of hydrogen-bond donors (Lipinski definition) is 1.